The second-order valence-electron chi connectivity index (χ2n) is 7.33. The van der Waals surface area contributed by atoms with Crippen molar-refractivity contribution in [2.75, 3.05) is 19.1 Å². The summed E-state index contributed by atoms with van der Waals surface area (Å²) >= 11 is 12.6. The van der Waals surface area contributed by atoms with Crippen LogP contribution in [0, 0.1) is 11.6 Å². The van der Waals surface area contributed by atoms with Crippen LogP contribution in [0.2, 0.25) is 10.0 Å². The number of hydrogen-bond donors (Lipinski definition) is 1. The molecule has 1 saturated heterocycles. The molecule has 11 heteroatoms. The molecule has 1 fully saturated rings. The minimum Gasteiger partial charge on any atom is -0.507 e. The minimum absolute atomic E-state index is 0.000816. The van der Waals surface area contributed by atoms with E-state index >= 15 is 0 Å². The van der Waals surface area contributed by atoms with Gasteiger partial charge in [0.15, 0.2) is 11.5 Å². The summed E-state index contributed by atoms with van der Waals surface area (Å²) in [6.07, 6.45) is 2.80. The van der Waals surface area contributed by atoms with E-state index in [4.69, 9.17) is 32.7 Å². The minimum atomic E-state index is -1.29. The SMILES string of the molecule is COc1c(Cl)cc(/C(O)=C2\C(=O)C(=O)N(c3ccc(F)cc3F)C2c2ccncc2)c(OC)c1Cl. The average molecular weight is 521 g/mol. The standard InChI is InChI=1S/C24H16Cl2F2N2O5/c1-34-22-13(10-14(25)23(35-2)18(22)26)20(31)17-19(11-5-7-29-8-6-11)30(24(33)21(17)32)16-4-3-12(27)9-15(16)28/h3-10,19,31H,1-2H3/b20-17+. The molecule has 1 aliphatic heterocycles. The van der Waals surface area contributed by atoms with Gasteiger partial charge in [-0.3, -0.25) is 19.5 Å². The van der Waals surface area contributed by atoms with E-state index in [2.05, 4.69) is 4.98 Å². The van der Waals surface area contributed by atoms with Crippen molar-refractivity contribution in [3.05, 3.63) is 87.2 Å². The predicted molar refractivity (Wildman–Crippen MR) is 125 cm³/mol. The van der Waals surface area contributed by atoms with Crippen LogP contribution in [0.25, 0.3) is 5.76 Å². The molecule has 1 unspecified atom stereocenters. The summed E-state index contributed by atoms with van der Waals surface area (Å²) in [4.78, 5) is 31.1. The molecule has 0 aliphatic carbocycles. The number of hydrogen-bond acceptors (Lipinski definition) is 6. The lowest BCUT2D eigenvalue weighted by atomic mass is 9.95. The van der Waals surface area contributed by atoms with Gasteiger partial charge in [0.1, 0.15) is 22.4 Å². The first-order chi connectivity index (χ1) is 16.7. The second kappa shape index (κ2) is 9.52. The Morgan fingerprint density at radius 3 is 2.29 bits per heavy atom. The van der Waals surface area contributed by atoms with Crippen LogP contribution >= 0.6 is 23.2 Å². The van der Waals surface area contributed by atoms with Crippen molar-refractivity contribution in [1.29, 1.82) is 0 Å². The predicted octanol–water partition coefficient (Wildman–Crippen LogP) is 5.31. The molecule has 1 N–H and O–H groups in total. The van der Waals surface area contributed by atoms with Gasteiger partial charge >= 0.3 is 0 Å². The molecule has 3 aromatic rings. The Kier molecular flexibility index (Phi) is 6.64. The van der Waals surface area contributed by atoms with Crippen LogP contribution in [0.3, 0.4) is 0 Å². The average Bonchev–Trinajstić information content (AvgIpc) is 3.09. The number of Topliss-reactive ketones (excluding diaryl/α,β-unsaturated/α-hetero) is 1. The van der Waals surface area contributed by atoms with E-state index in [0.29, 0.717) is 11.6 Å². The molecule has 0 saturated carbocycles. The van der Waals surface area contributed by atoms with Crippen LogP contribution < -0.4 is 14.4 Å². The number of carbonyl (C=O) groups excluding carboxylic acids is 2. The number of pyridine rings is 1. The lowest BCUT2D eigenvalue weighted by Crippen LogP contribution is -2.30. The van der Waals surface area contributed by atoms with Gasteiger partial charge in [-0.2, -0.15) is 0 Å². The third-order valence-electron chi connectivity index (χ3n) is 5.43. The molecular formula is C24H16Cl2F2N2O5. The van der Waals surface area contributed by atoms with Crippen molar-refractivity contribution < 1.29 is 33.0 Å². The number of carbonyl (C=O) groups is 2. The number of ether oxygens (including phenoxy) is 2. The maximum atomic E-state index is 14.7. The molecule has 1 aliphatic rings. The van der Waals surface area contributed by atoms with Crippen molar-refractivity contribution in [3.63, 3.8) is 0 Å². The Hall–Kier alpha value is -3.69. The van der Waals surface area contributed by atoms with Gasteiger partial charge in [-0.15, -0.1) is 0 Å². The van der Waals surface area contributed by atoms with Crippen molar-refractivity contribution >= 4 is 46.3 Å². The molecule has 4 rings (SSSR count). The van der Waals surface area contributed by atoms with Crippen LogP contribution in [-0.4, -0.2) is 36.0 Å². The Morgan fingerprint density at radius 2 is 1.69 bits per heavy atom. The maximum absolute atomic E-state index is 14.7. The maximum Gasteiger partial charge on any atom is 0.300 e. The quantitative estimate of drug-likeness (QED) is 0.278. The highest BCUT2D eigenvalue weighted by molar-refractivity contribution is 6.52. The Balaban J connectivity index is 2.02. The lowest BCUT2D eigenvalue weighted by molar-refractivity contribution is -0.132. The number of methoxy groups -OCH3 is 2. The molecule has 2 aromatic carbocycles. The molecule has 7 nitrogen and oxygen atoms in total. The number of rotatable bonds is 5. The van der Waals surface area contributed by atoms with Crippen molar-refractivity contribution in [1.82, 2.24) is 4.98 Å². The summed E-state index contributed by atoms with van der Waals surface area (Å²) in [5, 5.41) is 11.2. The Bertz CT molecular complexity index is 1380. The van der Waals surface area contributed by atoms with Crippen molar-refractivity contribution in [2.45, 2.75) is 6.04 Å². The number of nitrogens with zero attached hydrogens (tertiary/aromatic N) is 2. The fraction of sp³-hybridized carbons (Fsp3) is 0.125. The summed E-state index contributed by atoms with van der Waals surface area (Å²) in [5.41, 5.74) is -0.512. The van der Waals surface area contributed by atoms with Crippen molar-refractivity contribution in [3.8, 4) is 11.5 Å². The third-order valence-corrected chi connectivity index (χ3v) is 6.05. The number of halogens is 4. The second-order valence-corrected chi connectivity index (χ2v) is 8.12. The summed E-state index contributed by atoms with van der Waals surface area (Å²) in [7, 11) is 2.61. The summed E-state index contributed by atoms with van der Waals surface area (Å²) in [6.45, 7) is 0. The zero-order valence-corrected chi connectivity index (χ0v) is 19.7. The fourth-order valence-corrected chi connectivity index (χ4v) is 4.60. The highest BCUT2D eigenvalue weighted by Gasteiger charge is 2.48. The van der Waals surface area contributed by atoms with Gasteiger partial charge in [0.25, 0.3) is 11.7 Å². The molecule has 1 aromatic heterocycles. The molecule has 0 radical (unpaired) electrons. The van der Waals surface area contributed by atoms with E-state index < -0.39 is 35.1 Å². The van der Waals surface area contributed by atoms with E-state index in [1.54, 1.807) is 0 Å². The Labute approximate surface area is 208 Å². The first kappa shape index (κ1) is 24.4. The van der Waals surface area contributed by atoms with Gasteiger partial charge in [0, 0.05) is 18.5 Å². The van der Waals surface area contributed by atoms with E-state index in [-0.39, 0.29) is 38.4 Å². The number of aromatic nitrogens is 1. The molecule has 1 atom stereocenters. The molecule has 1 amide bonds. The number of anilines is 1. The van der Waals surface area contributed by atoms with Crippen molar-refractivity contribution in [2.24, 2.45) is 0 Å². The number of aliphatic hydroxyl groups excluding tert-OH is 1. The summed E-state index contributed by atoms with van der Waals surface area (Å²) < 4.78 is 38.8. The van der Waals surface area contributed by atoms with Crippen LogP contribution in [-0.2, 0) is 9.59 Å². The van der Waals surface area contributed by atoms with Gasteiger partial charge < -0.3 is 14.6 Å². The van der Waals surface area contributed by atoms with E-state index in [1.165, 1.54) is 44.8 Å². The molecule has 2 heterocycles. The highest BCUT2D eigenvalue weighted by atomic mass is 35.5. The van der Waals surface area contributed by atoms with Gasteiger partial charge in [0.2, 0.25) is 0 Å². The van der Waals surface area contributed by atoms with Gasteiger partial charge in [0.05, 0.1) is 42.1 Å². The largest absolute Gasteiger partial charge is 0.507 e. The first-order valence-corrected chi connectivity index (χ1v) is 10.7. The monoisotopic (exact) mass is 520 g/mol. The number of benzene rings is 2. The number of aliphatic hydroxyl groups is 1. The third kappa shape index (κ3) is 4.06. The van der Waals surface area contributed by atoms with Crippen LogP contribution in [0.15, 0.2) is 54.4 Å². The molecule has 0 bridgehead atoms. The summed E-state index contributed by atoms with van der Waals surface area (Å²) in [6, 6.07) is 5.52. The smallest absolute Gasteiger partial charge is 0.300 e. The lowest BCUT2D eigenvalue weighted by Gasteiger charge is -2.26. The van der Waals surface area contributed by atoms with E-state index in [0.717, 1.165) is 17.0 Å². The van der Waals surface area contributed by atoms with E-state index in [9.17, 15) is 23.5 Å². The molecule has 180 valence electrons. The van der Waals surface area contributed by atoms with Crippen LogP contribution in [0.1, 0.15) is 17.2 Å². The first-order valence-electron chi connectivity index (χ1n) is 9.97. The van der Waals surface area contributed by atoms with Gasteiger partial charge in [-0.1, -0.05) is 23.2 Å². The van der Waals surface area contributed by atoms with E-state index in [1.807, 2.05) is 0 Å². The summed E-state index contributed by atoms with van der Waals surface area (Å²) in [5.74, 6) is -4.85. The normalized spacial score (nSPS) is 17.1. The molecule has 35 heavy (non-hydrogen) atoms. The molecule has 0 spiro atoms. The zero-order chi connectivity index (χ0) is 25.4. The van der Waals surface area contributed by atoms with Gasteiger partial charge in [-0.25, -0.2) is 8.78 Å². The molecular weight excluding hydrogens is 505 g/mol. The van der Waals surface area contributed by atoms with Crippen LogP contribution in [0.5, 0.6) is 11.5 Å². The number of ketones is 1. The topological polar surface area (TPSA) is 89.0 Å². The number of amides is 1. The zero-order valence-electron chi connectivity index (χ0n) is 18.2. The fourth-order valence-electron chi connectivity index (χ4n) is 3.91. The van der Waals surface area contributed by atoms with Gasteiger partial charge in [-0.05, 0) is 35.9 Å². The van der Waals surface area contributed by atoms with Crippen LogP contribution in [0.4, 0.5) is 14.5 Å². The Morgan fingerprint density at radius 1 is 1.03 bits per heavy atom. The highest BCUT2D eigenvalue weighted by Crippen LogP contribution is 2.48.